The van der Waals surface area contributed by atoms with Gasteiger partial charge in [-0.2, -0.15) is 0 Å². The number of benzene rings is 2. The zero-order valence-corrected chi connectivity index (χ0v) is 12.7. The van der Waals surface area contributed by atoms with Crippen LogP contribution in [0.25, 0.3) is 10.9 Å². The summed E-state index contributed by atoms with van der Waals surface area (Å²) < 4.78 is 0. The number of hydrogen-bond acceptors (Lipinski definition) is 1. The van der Waals surface area contributed by atoms with Gasteiger partial charge in [0.15, 0.2) is 5.78 Å². The highest BCUT2D eigenvalue weighted by atomic mass is 16.1. The fourth-order valence-corrected chi connectivity index (χ4v) is 3.67. The Kier molecular flexibility index (Phi) is 3.11. The van der Waals surface area contributed by atoms with E-state index < -0.39 is 0 Å². The number of Topliss-reactive ketones (excluding diaryl/α,β-unsaturated/α-hetero) is 1. The molecule has 0 fully saturated rings. The van der Waals surface area contributed by atoms with Crippen LogP contribution in [-0.4, -0.2) is 10.8 Å². The minimum absolute atomic E-state index is 0.288. The lowest BCUT2D eigenvalue weighted by Gasteiger charge is -2.22. The number of aryl methyl sites for hydroxylation is 1. The Labute approximate surface area is 130 Å². The van der Waals surface area contributed by atoms with Gasteiger partial charge in [0.25, 0.3) is 0 Å². The third-order valence-electron chi connectivity index (χ3n) is 4.80. The molecule has 2 nitrogen and oxygen atoms in total. The van der Waals surface area contributed by atoms with Gasteiger partial charge in [-0.1, -0.05) is 48.5 Å². The standard InChI is InChI=1S/C20H19NO/c1-13-6-5-9-16-18-17(22)11-10-15(20(18)21-19(13)16)12-14-7-3-2-4-8-14/h2-9,15,21H,10-12H2,1H3. The molecule has 0 bridgehead atoms. The van der Waals surface area contributed by atoms with Crippen molar-refractivity contribution in [3.8, 4) is 0 Å². The number of rotatable bonds is 2. The molecule has 0 spiro atoms. The van der Waals surface area contributed by atoms with Gasteiger partial charge in [-0.15, -0.1) is 0 Å². The number of carbonyl (C=O) groups is 1. The molecule has 2 heteroatoms. The van der Waals surface area contributed by atoms with Gasteiger partial charge in [-0.3, -0.25) is 4.79 Å². The first-order valence-corrected chi connectivity index (χ1v) is 7.92. The normalized spacial score (nSPS) is 17.7. The molecule has 1 heterocycles. The van der Waals surface area contributed by atoms with Crippen LogP contribution in [0.3, 0.4) is 0 Å². The predicted octanol–water partition coefficient (Wildman–Crippen LogP) is 4.78. The van der Waals surface area contributed by atoms with E-state index in [1.54, 1.807) is 0 Å². The number of para-hydroxylation sites is 1. The minimum Gasteiger partial charge on any atom is -0.357 e. The van der Waals surface area contributed by atoms with E-state index in [0.717, 1.165) is 35.0 Å². The Morgan fingerprint density at radius 3 is 2.73 bits per heavy atom. The van der Waals surface area contributed by atoms with Gasteiger partial charge in [-0.25, -0.2) is 0 Å². The van der Waals surface area contributed by atoms with Gasteiger partial charge in [0, 0.05) is 34.5 Å². The van der Waals surface area contributed by atoms with Crippen LogP contribution in [0.15, 0.2) is 48.5 Å². The monoisotopic (exact) mass is 289 g/mol. The maximum absolute atomic E-state index is 12.4. The van der Waals surface area contributed by atoms with E-state index in [1.165, 1.54) is 11.1 Å². The summed E-state index contributed by atoms with van der Waals surface area (Å²) in [6.07, 6.45) is 2.59. The summed E-state index contributed by atoms with van der Waals surface area (Å²) in [5.41, 5.74) is 5.75. The molecule has 0 amide bonds. The smallest absolute Gasteiger partial charge is 0.165 e. The van der Waals surface area contributed by atoms with Crippen molar-refractivity contribution in [2.75, 3.05) is 0 Å². The van der Waals surface area contributed by atoms with Crippen molar-refractivity contribution >= 4 is 16.7 Å². The van der Waals surface area contributed by atoms with E-state index in [9.17, 15) is 4.79 Å². The van der Waals surface area contributed by atoms with Crippen LogP contribution in [0.1, 0.15) is 45.9 Å². The Morgan fingerprint density at radius 1 is 1.09 bits per heavy atom. The molecule has 0 saturated heterocycles. The van der Waals surface area contributed by atoms with E-state index in [4.69, 9.17) is 0 Å². The van der Waals surface area contributed by atoms with E-state index in [0.29, 0.717) is 12.3 Å². The summed E-state index contributed by atoms with van der Waals surface area (Å²) in [6.45, 7) is 2.10. The fourth-order valence-electron chi connectivity index (χ4n) is 3.67. The lowest BCUT2D eigenvalue weighted by atomic mass is 9.82. The summed E-state index contributed by atoms with van der Waals surface area (Å²) in [4.78, 5) is 16.0. The Morgan fingerprint density at radius 2 is 1.91 bits per heavy atom. The molecule has 1 atom stereocenters. The Bertz CT molecular complexity index is 845. The first kappa shape index (κ1) is 13.3. The maximum Gasteiger partial charge on any atom is 0.165 e. The van der Waals surface area contributed by atoms with Crippen molar-refractivity contribution in [3.63, 3.8) is 0 Å². The summed E-state index contributed by atoms with van der Waals surface area (Å²) in [7, 11) is 0. The van der Waals surface area contributed by atoms with Crippen LogP contribution in [-0.2, 0) is 6.42 Å². The zero-order chi connectivity index (χ0) is 15.1. The van der Waals surface area contributed by atoms with Gasteiger partial charge in [0.05, 0.1) is 0 Å². The molecule has 0 aliphatic heterocycles. The molecule has 1 N–H and O–H groups in total. The van der Waals surface area contributed by atoms with E-state index in [2.05, 4.69) is 48.3 Å². The van der Waals surface area contributed by atoms with Gasteiger partial charge in [0.2, 0.25) is 0 Å². The number of aromatic nitrogens is 1. The second kappa shape index (κ2) is 5.13. The molecular weight excluding hydrogens is 270 g/mol. The summed E-state index contributed by atoms with van der Waals surface area (Å²) in [5, 5.41) is 1.10. The van der Waals surface area contributed by atoms with Crippen molar-refractivity contribution in [2.24, 2.45) is 0 Å². The first-order valence-electron chi connectivity index (χ1n) is 7.92. The molecule has 1 aromatic heterocycles. The molecule has 0 radical (unpaired) electrons. The lowest BCUT2D eigenvalue weighted by Crippen LogP contribution is -2.16. The van der Waals surface area contributed by atoms with E-state index in [-0.39, 0.29) is 5.78 Å². The number of carbonyl (C=O) groups excluding carboxylic acids is 1. The van der Waals surface area contributed by atoms with Crippen LogP contribution in [0.2, 0.25) is 0 Å². The third-order valence-corrected chi connectivity index (χ3v) is 4.80. The summed E-state index contributed by atoms with van der Waals surface area (Å²) >= 11 is 0. The van der Waals surface area contributed by atoms with Gasteiger partial charge in [0.1, 0.15) is 0 Å². The number of hydrogen-bond donors (Lipinski definition) is 1. The van der Waals surface area contributed by atoms with Gasteiger partial charge < -0.3 is 4.98 Å². The van der Waals surface area contributed by atoms with Crippen molar-refractivity contribution in [2.45, 2.75) is 32.1 Å². The molecule has 110 valence electrons. The largest absolute Gasteiger partial charge is 0.357 e. The molecule has 1 aliphatic rings. The average molecular weight is 289 g/mol. The van der Waals surface area contributed by atoms with Gasteiger partial charge in [-0.05, 0) is 30.9 Å². The second-order valence-electron chi connectivity index (χ2n) is 6.26. The number of aromatic amines is 1. The molecule has 4 rings (SSSR count). The van der Waals surface area contributed by atoms with Crippen molar-refractivity contribution < 1.29 is 4.79 Å². The minimum atomic E-state index is 0.288. The molecule has 22 heavy (non-hydrogen) atoms. The number of nitrogens with one attached hydrogen (secondary N) is 1. The van der Waals surface area contributed by atoms with Crippen LogP contribution in [0.5, 0.6) is 0 Å². The van der Waals surface area contributed by atoms with E-state index in [1.807, 2.05) is 12.1 Å². The predicted molar refractivity (Wildman–Crippen MR) is 89.5 cm³/mol. The molecule has 3 aromatic rings. The molecule has 1 aliphatic carbocycles. The first-order chi connectivity index (χ1) is 10.7. The highest BCUT2D eigenvalue weighted by molar-refractivity contribution is 6.10. The Balaban J connectivity index is 1.83. The quantitative estimate of drug-likeness (QED) is 0.723. The van der Waals surface area contributed by atoms with Crippen LogP contribution in [0.4, 0.5) is 0 Å². The summed E-state index contributed by atoms with van der Waals surface area (Å²) in [5.74, 6) is 0.693. The maximum atomic E-state index is 12.4. The second-order valence-corrected chi connectivity index (χ2v) is 6.26. The lowest BCUT2D eigenvalue weighted by molar-refractivity contribution is 0.0968. The molecular formula is C20H19NO. The van der Waals surface area contributed by atoms with Gasteiger partial charge >= 0.3 is 0 Å². The number of ketones is 1. The van der Waals surface area contributed by atoms with Crippen LogP contribution >= 0.6 is 0 Å². The van der Waals surface area contributed by atoms with Crippen molar-refractivity contribution in [1.29, 1.82) is 0 Å². The van der Waals surface area contributed by atoms with Crippen molar-refractivity contribution in [1.82, 2.24) is 4.98 Å². The molecule has 0 saturated carbocycles. The Hall–Kier alpha value is -2.35. The van der Waals surface area contributed by atoms with E-state index >= 15 is 0 Å². The van der Waals surface area contributed by atoms with Crippen LogP contribution in [0, 0.1) is 6.92 Å². The van der Waals surface area contributed by atoms with Crippen LogP contribution < -0.4 is 0 Å². The average Bonchev–Trinajstić information content (AvgIpc) is 2.93. The topological polar surface area (TPSA) is 32.9 Å². The fraction of sp³-hybridized carbons (Fsp3) is 0.250. The number of H-pyrrole nitrogens is 1. The van der Waals surface area contributed by atoms with Crippen molar-refractivity contribution in [3.05, 3.63) is 70.9 Å². The third kappa shape index (κ3) is 2.07. The molecule has 1 unspecified atom stereocenters. The summed E-state index contributed by atoms with van der Waals surface area (Å²) in [6, 6.07) is 16.8. The SMILES string of the molecule is Cc1cccc2c3c([nH]c12)C(Cc1ccccc1)CCC3=O. The molecule has 2 aromatic carbocycles. The highest BCUT2D eigenvalue weighted by Crippen LogP contribution is 2.38. The number of fused-ring (bicyclic) bond motifs is 3. The zero-order valence-electron chi connectivity index (χ0n) is 12.7. The highest BCUT2D eigenvalue weighted by Gasteiger charge is 2.29.